The number of hydrogen-bond acceptors (Lipinski definition) is 3. The van der Waals surface area contributed by atoms with E-state index in [9.17, 15) is 18.0 Å². The van der Waals surface area contributed by atoms with Crippen molar-refractivity contribution in [1.29, 1.82) is 0 Å². The molecule has 0 radical (unpaired) electrons. The van der Waals surface area contributed by atoms with Crippen molar-refractivity contribution in [2.45, 2.75) is 32.6 Å². The molecule has 130 valence electrons. The Kier molecular flexibility index (Phi) is 5.13. The van der Waals surface area contributed by atoms with Crippen molar-refractivity contribution in [2.75, 3.05) is 0 Å². The molecule has 24 heavy (non-hydrogen) atoms. The standard InChI is InChI=1S/C15H17F3N4O2/c1-9(2)22-8-12(15(16,17)18)20-13(22)11-5-3-10(4-6-11)7-19-21-14(23)24/h3-6,8-9,19,21H,7H2,1-2H3,(H,23,24). The predicted octanol–water partition coefficient (Wildman–Crippen LogP) is 3.42. The molecule has 1 heterocycles. The monoisotopic (exact) mass is 342 g/mol. The number of aromatic nitrogens is 2. The number of carboxylic acid groups (broad SMARTS) is 1. The molecule has 1 aromatic heterocycles. The Balaban J connectivity index is 2.24. The molecule has 1 amide bonds. The number of nitrogens with one attached hydrogen (secondary N) is 2. The van der Waals surface area contributed by atoms with Crippen LogP contribution in [-0.4, -0.2) is 20.8 Å². The summed E-state index contributed by atoms with van der Waals surface area (Å²) in [5, 5.41) is 8.46. The summed E-state index contributed by atoms with van der Waals surface area (Å²) in [7, 11) is 0. The minimum atomic E-state index is -4.50. The van der Waals surface area contributed by atoms with E-state index in [0.717, 1.165) is 11.8 Å². The molecule has 2 rings (SSSR count). The van der Waals surface area contributed by atoms with Crippen LogP contribution in [0.4, 0.5) is 18.0 Å². The van der Waals surface area contributed by atoms with Crippen molar-refractivity contribution in [2.24, 2.45) is 0 Å². The molecule has 0 saturated heterocycles. The van der Waals surface area contributed by atoms with Crippen LogP contribution in [0.2, 0.25) is 0 Å². The van der Waals surface area contributed by atoms with E-state index < -0.39 is 18.0 Å². The second-order valence-electron chi connectivity index (χ2n) is 5.43. The Bertz CT molecular complexity index is 708. The van der Waals surface area contributed by atoms with Gasteiger partial charge in [0, 0.05) is 24.3 Å². The van der Waals surface area contributed by atoms with Crippen molar-refractivity contribution in [3.63, 3.8) is 0 Å². The molecule has 0 aliphatic heterocycles. The Morgan fingerprint density at radius 2 is 1.92 bits per heavy atom. The molecule has 6 nitrogen and oxygen atoms in total. The number of nitrogens with zero attached hydrogens (tertiary/aromatic N) is 2. The number of carbonyl (C=O) groups is 1. The van der Waals surface area contributed by atoms with Crippen molar-refractivity contribution < 1.29 is 23.1 Å². The van der Waals surface area contributed by atoms with Crippen LogP contribution in [0, 0.1) is 0 Å². The molecule has 0 unspecified atom stereocenters. The number of imidazole rings is 1. The zero-order chi connectivity index (χ0) is 17.9. The van der Waals surface area contributed by atoms with Gasteiger partial charge in [-0.3, -0.25) is 5.43 Å². The van der Waals surface area contributed by atoms with E-state index in [0.29, 0.717) is 5.56 Å². The molecule has 0 fully saturated rings. The van der Waals surface area contributed by atoms with Gasteiger partial charge in [0.25, 0.3) is 0 Å². The second kappa shape index (κ2) is 6.91. The van der Waals surface area contributed by atoms with Gasteiger partial charge in [0.15, 0.2) is 5.69 Å². The van der Waals surface area contributed by atoms with Crippen LogP contribution in [0.15, 0.2) is 30.5 Å². The van der Waals surface area contributed by atoms with Gasteiger partial charge in [0.1, 0.15) is 5.82 Å². The lowest BCUT2D eigenvalue weighted by Gasteiger charge is -2.11. The normalized spacial score (nSPS) is 11.8. The fourth-order valence-corrected chi connectivity index (χ4v) is 2.13. The third-order valence-electron chi connectivity index (χ3n) is 3.28. The minimum absolute atomic E-state index is 0.176. The van der Waals surface area contributed by atoms with Gasteiger partial charge in [0.2, 0.25) is 0 Å². The summed E-state index contributed by atoms with van der Waals surface area (Å²) in [5.74, 6) is 0.237. The molecule has 3 N–H and O–H groups in total. The fourth-order valence-electron chi connectivity index (χ4n) is 2.13. The van der Waals surface area contributed by atoms with Gasteiger partial charge in [-0.2, -0.15) is 13.2 Å². The quantitative estimate of drug-likeness (QED) is 0.728. The molecule has 0 spiro atoms. The molecule has 0 atom stereocenters. The van der Waals surface area contributed by atoms with Gasteiger partial charge < -0.3 is 9.67 Å². The number of hydrazine groups is 1. The number of benzene rings is 1. The third-order valence-corrected chi connectivity index (χ3v) is 3.28. The van der Waals surface area contributed by atoms with Crippen LogP contribution in [0.5, 0.6) is 0 Å². The van der Waals surface area contributed by atoms with Crippen LogP contribution in [0.1, 0.15) is 31.1 Å². The Morgan fingerprint density at radius 3 is 2.42 bits per heavy atom. The van der Waals surface area contributed by atoms with Gasteiger partial charge in [0.05, 0.1) is 0 Å². The molecular weight excluding hydrogens is 325 g/mol. The molecule has 1 aromatic carbocycles. The lowest BCUT2D eigenvalue weighted by atomic mass is 10.1. The second-order valence-corrected chi connectivity index (χ2v) is 5.43. The summed E-state index contributed by atoms with van der Waals surface area (Å²) < 4.78 is 40.1. The van der Waals surface area contributed by atoms with Gasteiger partial charge >= 0.3 is 12.3 Å². The Hall–Kier alpha value is -2.55. The number of amides is 1. The van der Waals surface area contributed by atoms with E-state index in [1.807, 2.05) is 5.43 Å². The predicted molar refractivity (Wildman–Crippen MR) is 81.1 cm³/mol. The van der Waals surface area contributed by atoms with E-state index in [1.165, 1.54) is 4.57 Å². The number of halogens is 3. The molecule has 0 aliphatic carbocycles. The van der Waals surface area contributed by atoms with E-state index in [2.05, 4.69) is 10.4 Å². The molecule has 0 saturated carbocycles. The molecule has 0 aliphatic rings. The maximum atomic E-state index is 12.9. The average Bonchev–Trinajstić information content (AvgIpc) is 2.93. The average molecular weight is 342 g/mol. The van der Waals surface area contributed by atoms with E-state index in [-0.39, 0.29) is 18.4 Å². The summed E-state index contributed by atoms with van der Waals surface area (Å²) in [4.78, 5) is 14.1. The minimum Gasteiger partial charge on any atom is -0.464 e. The van der Waals surface area contributed by atoms with Gasteiger partial charge in [-0.1, -0.05) is 24.3 Å². The van der Waals surface area contributed by atoms with Crippen LogP contribution < -0.4 is 10.9 Å². The van der Waals surface area contributed by atoms with Crippen LogP contribution in [0.25, 0.3) is 11.4 Å². The SMILES string of the molecule is CC(C)n1cc(C(F)(F)F)nc1-c1ccc(CNNC(=O)O)cc1. The highest BCUT2D eigenvalue weighted by molar-refractivity contribution is 5.63. The Labute approximate surface area is 136 Å². The first kappa shape index (κ1) is 17.8. The van der Waals surface area contributed by atoms with Crippen molar-refractivity contribution >= 4 is 6.09 Å². The van der Waals surface area contributed by atoms with Crippen molar-refractivity contribution in [3.05, 3.63) is 41.7 Å². The Morgan fingerprint density at radius 1 is 1.29 bits per heavy atom. The van der Waals surface area contributed by atoms with Crippen molar-refractivity contribution in [1.82, 2.24) is 20.4 Å². The van der Waals surface area contributed by atoms with Gasteiger partial charge in [-0.15, -0.1) is 0 Å². The van der Waals surface area contributed by atoms with Crippen LogP contribution >= 0.6 is 0 Å². The first-order valence-electron chi connectivity index (χ1n) is 7.15. The molecule has 2 aromatic rings. The number of rotatable bonds is 5. The zero-order valence-electron chi connectivity index (χ0n) is 13.1. The van der Waals surface area contributed by atoms with Crippen LogP contribution in [0.3, 0.4) is 0 Å². The summed E-state index contributed by atoms with van der Waals surface area (Å²) >= 11 is 0. The summed E-state index contributed by atoms with van der Waals surface area (Å²) in [6.45, 7) is 3.81. The highest BCUT2D eigenvalue weighted by Crippen LogP contribution is 2.32. The fraction of sp³-hybridized carbons (Fsp3) is 0.333. The zero-order valence-corrected chi connectivity index (χ0v) is 13.1. The van der Waals surface area contributed by atoms with Gasteiger partial charge in [-0.25, -0.2) is 15.2 Å². The van der Waals surface area contributed by atoms with Gasteiger partial charge in [-0.05, 0) is 19.4 Å². The smallest absolute Gasteiger partial charge is 0.434 e. The largest absolute Gasteiger partial charge is 0.464 e. The highest BCUT2D eigenvalue weighted by atomic mass is 19.4. The highest BCUT2D eigenvalue weighted by Gasteiger charge is 2.35. The molecular formula is C15H17F3N4O2. The maximum absolute atomic E-state index is 12.9. The first-order valence-corrected chi connectivity index (χ1v) is 7.15. The molecule has 9 heteroatoms. The number of hydrogen-bond donors (Lipinski definition) is 3. The topological polar surface area (TPSA) is 79.2 Å². The van der Waals surface area contributed by atoms with Crippen LogP contribution in [-0.2, 0) is 12.7 Å². The summed E-state index contributed by atoms with van der Waals surface area (Å²) in [6.07, 6.45) is -4.70. The lowest BCUT2D eigenvalue weighted by molar-refractivity contribution is -0.140. The lowest BCUT2D eigenvalue weighted by Crippen LogP contribution is -2.35. The number of alkyl halides is 3. The van der Waals surface area contributed by atoms with E-state index >= 15 is 0 Å². The van der Waals surface area contributed by atoms with E-state index in [4.69, 9.17) is 5.11 Å². The maximum Gasteiger partial charge on any atom is 0.434 e. The van der Waals surface area contributed by atoms with E-state index in [1.54, 1.807) is 38.1 Å². The van der Waals surface area contributed by atoms with Crippen molar-refractivity contribution in [3.8, 4) is 11.4 Å². The summed E-state index contributed by atoms with van der Waals surface area (Å²) in [6, 6.07) is 6.51. The summed E-state index contributed by atoms with van der Waals surface area (Å²) in [5.41, 5.74) is 4.90. The first-order chi connectivity index (χ1) is 11.2. The molecule has 0 bridgehead atoms. The third kappa shape index (κ3) is 4.25.